The van der Waals surface area contributed by atoms with E-state index in [1.54, 1.807) is 0 Å². The Morgan fingerprint density at radius 3 is 2.65 bits per heavy atom. The van der Waals surface area contributed by atoms with Crippen LogP contribution in [0.15, 0.2) is 12.1 Å². The summed E-state index contributed by atoms with van der Waals surface area (Å²) in [6.07, 6.45) is 2.07. The van der Waals surface area contributed by atoms with Crippen molar-refractivity contribution in [3.63, 3.8) is 0 Å². The molecule has 1 N–H and O–H groups in total. The highest BCUT2D eigenvalue weighted by Crippen LogP contribution is 2.35. The molecular weight excluding hydrogens is 255 g/mol. The molecule has 1 aliphatic heterocycles. The van der Waals surface area contributed by atoms with Gasteiger partial charge in [0.25, 0.3) is 0 Å². The second-order valence-electron chi connectivity index (χ2n) is 4.66. The van der Waals surface area contributed by atoms with E-state index < -0.39 is 0 Å². The van der Waals surface area contributed by atoms with Crippen LogP contribution in [-0.2, 0) is 12.8 Å². The number of aromatic nitrogens is 1. The van der Waals surface area contributed by atoms with E-state index in [0.29, 0.717) is 0 Å². The van der Waals surface area contributed by atoms with Gasteiger partial charge < -0.3 is 9.88 Å². The average molecular weight is 269 g/mol. The Morgan fingerprint density at radius 2 is 1.82 bits per heavy atom. The van der Waals surface area contributed by atoms with E-state index in [0.717, 1.165) is 46.9 Å². The van der Waals surface area contributed by atoms with Crippen molar-refractivity contribution in [1.29, 1.82) is 0 Å². The summed E-state index contributed by atoms with van der Waals surface area (Å²) < 4.78 is 0. The molecule has 0 radical (unpaired) electrons. The van der Waals surface area contributed by atoms with E-state index in [-0.39, 0.29) is 0 Å². The molecule has 0 saturated heterocycles. The Balaban J connectivity index is 2.24. The number of nitrogens with one attached hydrogen (secondary N) is 1. The standard InChI is InChI=1S/C13H14Cl2N2/c1-17-6-4-8-11(5-7-17)16-13-10(15)3-2-9(14)12(8)13/h2-3,16H,4-7H2,1H3. The molecule has 0 saturated carbocycles. The maximum atomic E-state index is 6.30. The molecule has 3 rings (SSSR count). The lowest BCUT2D eigenvalue weighted by atomic mass is 10.1. The molecular formula is C13H14Cl2N2. The monoisotopic (exact) mass is 268 g/mol. The molecule has 0 amide bonds. The lowest BCUT2D eigenvalue weighted by Gasteiger charge is -2.11. The number of nitrogens with zero attached hydrogens (tertiary/aromatic N) is 1. The van der Waals surface area contributed by atoms with Crippen LogP contribution in [0.1, 0.15) is 11.3 Å². The van der Waals surface area contributed by atoms with Gasteiger partial charge in [-0.05, 0) is 31.2 Å². The van der Waals surface area contributed by atoms with E-state index in [4.69, 9.17) is 23.2 Å². The molecule has 0 aliphatic carbocycles. The second-order valence-corrected chi connectivity index (χ2v) is 5.48. The maximum absolute atomic E-state index is 6.30. The smallest absolute Gasteiger partial charge is 0.0663 e. The largest absolute Gasteiger partial charge is 0.357 e. The van der Waals surface area contributed by atoms with Gasteiger partial charge in [0, 0.05) is 30.6 Å². The first-order valence-corrected chi connectivity index (χ1v) is 6.58. The van der Waals surface area contributed by atoms with Gasteiger partial charge in [0.1, 0.15) is 0 Å². The first-order chi connectivity index (χ1) is 8.16. The van der Waals surface area contributed by atoms with Crippen molar-refractivity contribution in [2.45, 2.75) is 12.8 Å². The van der Waals surface area contributed by atoms with E-state index in [9.17, 15) is 0 Å². The van der Waals surface area contributed by atoms with Crippen LogP contribution in [0.2, 0.25) is 10.0 Å². The SMILES string of the molecule is CN1CCc2[nH]c3c(Cl)ccc(Cl)c3c2CC1. The number of likely N-dealkylation sites (N-methyl/N-ethyl adjacent to an activating group) is 1. The molecule has 0 spiro atoms. The predicted molar refractivity (Wildman–Crippen MR) is 73.2 cm³/mol. The van der Waals surface area contributed by atoms with Crippen LogP contribution >= 0.6 is 23.2 Å². The fraction of sp³-hybridized carbons (Fsp3) is 0.385. The summed E-state index contributed by atoms with van der Waals surface area (Å²) in [6, 6.07) is 3.74. The van der Waals surface area contributed by atoms with Gasteiger partial charge in [-0.15, -0.1) is 0 Å². The molecule has 2 heterocycles. The molecule has 0 fully saturated rings. The van der Waals surface area contributed by atoms with Gasteiger partial charge in [-0.3, -0.25) is 0 Å². The van der Waals surface area contributed by atoms with Gasteiger partial charge in [-0.25, -0.2) is 0 Å². The molecule has 17 heavy (non-hydrogen) atoms. The lowest BCUT2D eigenvalue weighted by molar-refractivity contribution is 0.352. The number of H-pyrrole nitrogens is 1. The van der Waals surface area contributed by atoms with Crippen molar-refractivity contribution in [2.75, 3.05) is 20.1 Å². The summed E-state index contributed by atoms with van der Waals surface area (Å²) in [5.74, 6) is 0. The van der Waals surface area contributed by atoms with Crippen molar-refractivity contribution in [3.05, 3.63) is 33.4 Å². The molecule has 2 aromatic rings. The molecule has 0 bridgehead atoms. The van der Waals surface area contributed by atoms with Crippen LogP contribution in [0, 0.1) is 0 Å². The highest BCUT2D eigenvalue weighted by atomic mass is 35.5. The highest BCUT2D eigenvalue weighted by molar-refractivity contribution is 6.40. The zero-order valence-corrected chi connectivity index (χ0v) is 11.2. The zero-order valence-electron chi connectivity index (χ0n) is 9.69. The summed E-state index contributed by atoms with van der Waals surface area (Å²) in [5, 5.41) is 2.67. The number of benzene rings is 1. The minimum atomic E-state index is 0.755. The lowest BCUT2D eigenvalue weighted by Crippen LogP contribution is -2.21. The molecule has 0 atom stereocenters. The van der Waals surface area contributed by atoms with Crippen LogP contribution in [0.3, 0.4) is 0 Å². The molecule has 1 aliphatic rings. The fourth-order valence-corrected chi connectivity index (χ4v) is 3.03. The maximum Gasteiger partial charge on any atom is 0.0663 e. The van der Waals surface area contributed by atoms with Gasteiger partial charge in [0.2, 0.25) is 0 Å². The Labute approximate surface area is 111 Å². The fourth-order valence-electron chi connectivity index (χ4n) is 2.55. The van der Waals surface area contributed by atoms with Crippen molar-refractivity contribution in [3.8, 4) is 0 Å². The quantitative estimate of drug-likeness (QED) is 0.775. The van der Waals surface area contributed by atoms with E-state index in [2.05, 4.69) is 16.9 Å². The van der Waals surface area contributed by atoms with Crippen molar-refractivity contribution >= 4 is 34.1 Å². The van der Waals surface area contributed by atoms with E-state index in [1.165, 1.54) is 11.3 Å². The van der Waals surface area contributed by atoms with Gasteiger partial charge >= 0.3 is 0 Å². The first kappa shape index (κ1) is 11.4. The molecule has 1 aromatic heterocycles. The summed E-state index contributed by atoms with van der Waals surface area (Å²) in [5.41, 5.74) is 3.63. The predicted octanol–water partition coefficient (Wildman–Crippen LogP) is 3.51. The zero-order chi connectivity index (χ0) is 12.0. The van der Waals surface area contributed by atoms with Gasteiger partial charge in [0.05, 0.1) is 15.6 Å². The number of hydrogen-bond acceptors (Lipinski definition) is 1. The van der Waals surface area contributed by atoms with Crippen LogP contribution < -0.4 is 0 Å². The van der Waals surface area contributed by atoms with Gasteiger partial charge in [0.15, 0.2) is 0 Å². The third-order valence-corrected chi connectivity index (χ3v) is 4.16. The van der Waals surface area contributed by atoms with Crippen molar-refractivity contribution < 1.29 is 0 Å². The minimum absolute atomic E-state index is 0.755. The Hall–Kier alpha value is -0.700. The number of hydrogen-bond donors (Lipinski definition) is 1. The van der Waals surface area contributed by atoms with E-state index >= 15 is 0 Å². The number of halogens is 2. The highest BCUT2D eigenvalue weighted by Gasteiger charge is 2.19. The van der Waals surface area contributed by atoms with Crippen LogP contribution in [0.5, 0.6) is 0 Å². The second kappa shape index (κ2) is 4.20. The topological polar surface area (TPSA) is 19.0 Å². The average Bonchev–Trinajstić information content (AvgIpc) is 2.59. The first-order valence-electron chi connectivity index (χ1n) is 5.83. The molecule has 0 unspecified atom stereocenters. The summed E-state index contributed by atoms with van der Waals surface area (Å²) in [7, 11) is 2.16. The summed E-state index contributed by atoms with van der Waals surface area (Å²) in [4.78, 5) is 5.79. The number of fused-ring (bicyclic) bond motifs is 3. The Morgan fingerprint density at radius 1 is 1.12 bits per heavy atom. The third-order valence-electron chi connectivity index (χ3n) is 3.53. The molecule has 90 valence electrons. The third kappa shape index (κ3) is 1.85. The molecule has 4 heteroatoms. The van der Waals surface area contributed by atoms with Crippen molar-refractivity contribution in [1.82, 2.24) is 9.88 Å². The summed E-state index contributed by atoms with van der Waals surface area (Å²) >= 11 is 12.5. The van der Waals surface area contributed by atoms with Crippen LogP contribution in [0.25, 0.3) is 10.9 Å². The van der Waals surface area contributed by atoms with Crippen molar-refractivity contribution in [2.24, 2.45) is 0 Å². The van der Waals surface area contributed by atoms with Crippen LogP contribution in [0.4, 0.5) is 0 Å². The normalized spacial score (nSPS) is 17.1. The van der Waals surface area contributed by atoms with Crippen LogP contribution in [-0.4, -0.2) is 30.0 Å². The minimum Gasteiger partial charge on any atom is -0.357 e. The van der Waals surface area contributed by atoms with Gasteiger partial charge in [-0.2, -0.15) is 0 Å². The number of rotatable bonds is 0. The van der Waals surface area contributed by atoms with E-state index in [1.807, 2.05) is 12.1 Å². The van der Waals surface area contributed by atoms with Gasteiger partial charge in [-0.1, -0.05) is 23.2 Å². The summed E-state index contributed by atoms with van der Waals surface area (Å²) in [6.45, 7) is 2.15. The molecule has 2 nitrogen and oxygen atoms in total. The number of aromatic amines is 1. The molecule has 1 aromatic carbocycles. The Bertz CT molecular complexity index is 574. The Kier molecular flexibility index (Phi) is 2.81.